The molecule has 4 N–H and O–H groups in total. The molecule has 0 bridgehead atoms. The van der Waals surface area contributed by atoms with Gasteiger partial charge >= 0.3 is 0 Å². The minimum Gasteiger partial charge on any atom is -0.368 e. The van der Waals surface area contributed by atoms with Crippen LogP contribution in [0.15, 0.2) is 36.5 Å². The first kappa shape index (κ1) is 10.8. The lowest BCUT2D eigenvalue weighted by molar-refractivity contribution is 0.259. The summed E-state index contributed by atoms with van der Waals surface area (Å²) in [5, 5.41) is 7.82. The fourth-order valence-corrected chi connectivity index (χ4v) is 2.01. The summed E-state index contributed by atoms with van der Waals surface area (Å²) in [4.78, 5) is 2.00. The highest BCUT2D eigenvalue weighted by atomic mass is 15.4. The molecule has 1 aromatic heterocycles. The van der Waals surface area contributed by atoms with E-state index in [4.69, 9.17) is 11.5 Å². The molecular weight excluding hydrogens is 228 g/mol. The Morgan fingerprint density at radius 2 is 1.89 bits per heavy atom. The van der Waals surface area contributed by atoms with Crippen LogP contribution in [0.25, 0.3) is 6.20 Å². The number of benzene rings is 1. The number of aromatic nitrogens is 3. The van der Waals surface area contributed by atoms with Crippen molar-refractivity contribution in [3.05, 3.63) is 47.9 Å². The van der Waals surface area contributed by atoms with Crippen LogP contribution in [0.3, 0.4) is 0 Å². The molecule has 0 amide bonds. The van der Waals surface area contributed by atoms with E-state index in [1.165, 1.54) is 5.56 Å². The van der Waals surface area contributed by atoms with E-state index < -0.39 is 0 Å². The van der Waals surface area contributed by atoms with Crippen LogP contribution in [0.5, 0.6) is 0 Å². The second-order valence-corrected chi connectivity index (χ2v) is 4.19. The van der Waals surface area contributed by atoms with Crippen molar-refractivity contribution >= 4 is 12.1 Å². The molecule has 18 heavy (non-hydrogen) atoms. The zero-order chi connectivity index (χ0) is 12.5. The van der Waals surface area contributed by atoms with Gasteiger partial charge in [0.2, 0.25) is 5.95 Å². The van der Waals surface area contributed by atoms with Crippen LogP contribution < -0.4 is 11.5 Å². The minimum absolute atomic E-state index is 0.333. The van der Waals surface area contributed by atoms with Crippen LogP contribution >= 0.6 is 0 Å². The van der Waals surface area contributed by atoms with E-state index in [1.54, 1.807) is 4.57 Å². The van der Waals surface area contributed by atoms with Crippen LogP contribution in [0.4, 0.5) is 5.95 Å². The molecule has 3 rings (SSSR count). The molecule has 1 atom stereocenters. The van der Waals surface area contributed by atoms with E-state index in [0.29, 0.717) is 11.8 Å². The van der Waals surface area contributed by atoms with Crippen LogP contribution in [0.1, 0.15) is 17.6 Å². The summed E-state index contributed by atoms with van der Waals surface area (Å²) in [7, 11) is 0. The quantitative estimate of drug-likeness (QED) is 0.812. The van der Waals surface area contributed by atoms with Crippen LogP contribution in [-0.2, 0) is 6.54 Å². The molecule has 0 fully saturated rings. The molecule has 92 valence electrons. The Balaban J connectivity index is 1.85. The molecule has 0 saturated carbocycles. The molecule has 1 unspecified atom stereocenters. The highest BCUT2D eigenvalue weighted by molar-refractivity contribution is 5.38. The number of rotatable bonds is 2. The predicted molar refractivity (Wildman–Crippen MR) is 68.7 cm³/mol. The first-order chi connectivity index (χ1) is 8.75. The number of hydrogen-bond donors (Lipinski definition) is 2. The first-order valence-electron chi connectivity index (χ1n) is 5.69. The SMILES string of the molecule is Nc1nnc2n1C=CN(Cc1ccccc1)C2N. The summed E-state index contributed by atoms with van der Waals surface area (Å²) >= 11 is 0. The van der Waals surface area contributed by atoms with E-state index in [9.17, 15) is 0 Å². The second kappa shape index (κ2) is 4.15. The third kappa shape index (κ3) is 1.72. The van der Waals surface area contributed by atoms with E-state index in [1.807, 2.05) is 35.5 Å². The Morgan fingerprint density at radius 1 is 1.11 bits per heavy atom. The van der Waals surface area contributed by atoms with Gasteiger partial charge in [0.25, 0.3) is 0 Å². The van der Waals surface area contributed by atoms with Gasteiger partial charge in [0.1, 0.15) is 6.17 Å². The van der Waals surface area contributed by atoms with E-state index in [-0.39, 0.29) is 6.17 Å². The van der Waals surface area contributed by atoms with Crippen LogP contribution in [0, 0.1) is 0 Å². The van der Waals surface area contributed by atoms with Gasteiger partial charge in [0, 0.05) is 18.9 Å². The maximum atomic E-state index is 6.15. The molecule has 0 radical (unpaired) electrons. The molecule has 0 aliphatic carbocycles. The average Bonchev–Trinajstić information content (AvgIpc) is 2.77. The lowest BCUT2D eigenvalue weighted by Crippen LogP contribution is -2.34. The van der Waals surface area contributed by atoms with Crippen LogP contribution in [-0.4, -0.2) is 19.7 Å². The molecule has 6 nitrogen and oxygen atoms in total. The second-order valence-electron chi connectivity index (χ2n) is 4.19. The van der Waals surface area contributed by atoms with E-state index in [0.717, 1.165) is 6.54 Å². The van der Waals surface area contributed by atoms with E-state index >= 15 is 0 Å². The zero-order valence-electron chi connectivity index (χ0n) is 9.77. The third-order valence-corrected chi connectivity index (χ3v) is 2.99. The standard InChI is InChI=1S/C12H14N6/c13-10-11-15-16-12(14)18(11)7-6-17(10)8-9-4-2-1-3-5-9/h1-7,10H,8,13H2,(H2,14,16). The summed E-state index contributed by atoms with van der Waals surface area (Å²) in [6, 6.07) is 10.1. The number of nitrogens with zero attached hydrogens (tertiary/aromatic N) is 4. The van der Waals surface area contributed by atoms with Crippen molar-refractivity contribution in [2.45, 2.75) is 12.7 Å². The smallest absolute Gasteiger partial charge is 0.226 e. The van der Waals surface area contributed by atoms with Crippen molar-refractivity contribution in [3.63, 3.8) is 0 Å². The summed E-state index contributed by atoms with van der Waals surface area (Å²) in [6.45, 7) is 0.727. The van der Waals surface area contributed by atoms with Crippen molar-refractivity contribution < 1.29 is 0 Å². The topological polar surface area (TPSA) is 86.0 Å². The Bertz CT molecular complexity index is 574. The number of fused-ring (bicyclic) bond motifs is 1. The fraction of sp³-hybridized carbons (Fsp3) is 0.167. The first-order valence-corrected chi connectivity index (χ1v) is 5.69. The molecular formula is C12H14N6. The highest BCUT2D eigenvalue weighted by Gasteiger charge is 2.23. The largest absolute Gasteiger partial charge is 0.368 e. The van der Waals surface area contributed by atoms with Gasteiger partial charge in [-0.05, 0) is 5.56 Å². The van der Waals surface area contributed by atoms with Gasteiger partial charge in [0.05, 0.1) is 0 Å². The molecule has 1 aliphatic rings. The molecule has 2 aromatic rings. The summed E-state index contributed by atoms with van der Waals surface area (Å²) < 4.78 is 1.70. The van der Waals surface area contributed by atoms with Gasteiger partial charge in [-0.1, -0.05) is 30.3 Å². The van der Waals surface area contributed by atoms with Gasteiger partial charge in [-0.15, -0.1) is 10.2 Å². The molecule has 2 heterocycles. The van der Waals surface area contributed by atoms with Gasteiger partial charge in [0.15, 0.2) is 5.82 Å². The van der Waals surface area contributed by atoms with Crippen LogP contribution in [0.2, 0.25) is 0 Å². The average molecular weight is 242 g/mol. The summed E-state index contributed by atoms with van der Waals surface area (Å²) in [5.74, 6) is 1.02. The van der Waals surface area contributed by atoms with Crippen molar-refractivity contribution in [2.75, 3.05) is 5.73 Å². The van der Waals surface area contributed by atoms with Crippen molar-refractivity contribution in [2.24, 2.45) is 5.73 Å². The van der Waals surface area contributed by atoms with Gasteiger partial charge in [-0.3, -0.25) is 4.57 Å². The normalized spacial score (nSPS) is 17.8. The predicted octanol–water partition coefficient (Wildman–Crippen LogP) is 0.762. The Morgan fingerprint density at radius 3 is 2.67 bits per heavy atom. The maximum absolute atomic E-state index is 6.15. The Labute approximate surface area is 105 Å². The van der Waals surface area contributed by atoms with Gasteiger partial charge < -0.3 is 16.4 Å². The zero-order valence-corrected chi connectivity index (χ0v) is 9.77. The number of hydrogen-bond acceptors (Lipinski definition) is 5. The summed E-state index contributed by atoms with van der Waals surface area (Å²) in [6.07, 6.45) is 3.40. The minimum atomic E-state index is -0.333. The Kier molecular flexibility index (Phi) is 2.49. The molecule has 0 spiro atoms. The van der Waals surface area contributed by atoms with Gasteiger partial charge in [-0.2, -0.15) is 0 Å². The van der Waals surface area contributed by atoms with Crippen molar-refractivity contribution in [1.29, 1.82) is 0 Å². The molecule has 6 heteroatoms. The fourth-order valence-electron chi connectivity index (χ4n) is 2.01. The van der Waals surface area contributed by atoms with Crippen molar-refractivity contribution in [3.8, 4) is 0 Å². The van der Waals surface area contributed by atoms with E-state index in [2.05, 4.69) is 22.3 Å². The lowest BCUT2D eigenvalue weighted by Gasteiger charge is -2.29. The number of nitrogen functional groups attached to an aromatic ring is 1. The summed E-state index contributed by atoms with van der Waals surface area (Å²) in [5.41, 5.74) is 13.0. The monoisotopic (exact) mass is 242 g/mol. The number of anilines is 1. The molecule has 1 aliphatic heterocycles. The van der Waals surface area contributed by atoms with Gasteiger partial charge in [-0.25, -0.2) is 0 Å². The van der Waals surface area contributed by atoms with Crippen molar-refractivity contribution in [1.82, 2.24) is 19.7 Å². The highest BCUT2D eigenvalue weighted by Crippen LogP contribution is 2.23. The Hall–Kier alpha value is -2.34. The molecule has 0 saturated heterocycles. The lowest BCUT2D eigenvalue weighted by atomic mass is 10.2. The third-order valence-electron chi connectivity index (χ3n) is 2.99. The molecule has 1 aromatic carbocycles. The number of nitrogens with two attached hydrogens (primary N) is 2. The maximum Gasteiger partial charge on any atom is 0.226 e.